The molecule has 2 aliphatic heterocycles. The first-order valence-corrected chi connectivity index (χ1v) is 9.61. The van der Waals surface area contributed by atoms with Crippen LogP contribution < -0.4 is 10.1 Å². The molecule has 1 aromatic carbocycles. The van der Waals surface area contributed by atoms with Crippen molar-refractivity contribution in [2.24, 2.45) is 0 Å². The van der Waals surface area contributed by atoms with E-state index in [0.717, 1.165) is 18.5 Å². The fourth-order valence-electron chi connectivity index (χ4n) is 3.07. The minimum Gasteiger partial charge on any atom is -0.479 e. The van der Waals surface area contributed by atoms with Crippen molar-refractivity contribution in [3.63, 3.8) is 0 Å². The summed E-state index contributed by atoms with van der Waals surface area (Å²) in [5.41, 5.74) is 1.74. The molecule has 3 N–H and O–H groups in total. The van der Waals surface area contributed by atoms with Crippen LogP contribution >= 0.6 is 0 Å². The average Bonchev–Trinajstić information content (AvgIpc) is 2.64. The van der Waals surface area contributed by atoms with E-state index in [0.29, 0.717) is 24.4 Å². The summed E-state index contributed by atoms with van der Waals surface area (Å²) in [4.78, 5) is 13.9. The molecule has 146 valence electrons. The Balaban J connectivity index is 0.000000552. The molecule has 0 aliphatic carbocycles. The molecule has 6 nitrogen and oxygen atoms in total. The number of hydrogen-bond donors (Lipinski definition) is 3. The smallest absolute Gasteiger partial charge is 0.265 e. The molecule has 2 aliphatic rings. The van der Waals surface area contributed by atoms with Gasteiger partial charge in [-0.3, -0.25) is 9.69 Å². The summed E-state index contributed by atoms with van der Waals surface area (Å²) < 4.78 is 5.55. The molecule has 1 amide bonds. The third-order valence-electron chi connectivity index (χ3n) is 4.88. The fraction of sp³-hybridized carbons (Fsp3) is 0.650. The van der Waals surface area contributed by atoms with Crippen molar-refractivity contribution >= 4 is 11.6 Å². The molecule has 2 unspecified atom stereocenters. The van der Waals surface area contributed by atoms with E-state index in [1.165, 1.54) is 12.8 Å². The van der Waals surface area contributed by atoms with Crippen molar-refractivity contribution in [2.75, 3.05) is 18.5 Å². The summed E-state index contributed by atoms with van der Waals surface area (Å²) in [5.74, 6) is 0.544. The van der Waals surface area contributed by atoms with E-state index in [9.17, 15) is 15.0 Å². The Hall–Kier alpha value is -1.63. The number of carbonyl (C=O) groups is 1. The second-order valence-electron chi connectivity index (χ2n) is 7.06. The molecule has 0 saturated carbocycles. The standard InChI is InChI=1S/C16H22N2O4.C4H10/c1-10-16(21)17-14-6-11(2-3-15(14)22-10)8-18-5-4-13(20)7-12(18)9-19;1-3-4-2/h2-3,6,10,12-13,19-20H,4-5,7-9H2,1H3,(H,17,21);3-4H2,1-2H3/t10?,12-,13?;/m1./s1. The lowest BCUT2D eigenvalue weighted by molar-refractivity contribution is -0.122. The molecule has 1 aromatic rings. The highest BCUT2D eigenvalue weighted by Crippen LogP contribution is 2.31. The van der Waals surface area contributed by atoms with Gasteiger partial charge in [0.05, 0.1) is 18.4 Å². The van der Waals surface area contributed by atoms with Gasteiger partial charge in [0.1, 0.15) is 5.75 Å². The Morgan fingerprint density at radius 1 is 1.31 bits per heavy atom. The van der Waals surface area contributed by atoms with E-state index in [2.05, 4.69) is 24.1 Å². The number of anilines is 1. The molecule has 2 heterocycles. The van der Waals surface area contributed by atoms with Gasteiger partial charge in [-0.25, -0.2) is 0 Å². The van der Waals surface area contributed by atoms with Crippen molar-refractivity contribution in [2.45, 2.75) is 71.2 Å². The first-order chi connectivity index (χ1) is 12.5. The molecule has 0 spiro atoms. The zero-order valence-corrected chi connectivity index (χ0v) is 16.1. The number of carbonyl (C=O) groups excluding carboxylic acids is 1. The quantitative estimate of drug-likeness (QED) is 0.765. The van der Waals surface area contributed by atoms with Gasteiger partial charge < -0.3 is 20.3 Å². The SMILES string of the molecule is CC1Oc2ccc(CN3CCC(O)C[C@@H]3CO)cc2NC1=O.CCCC. The van der Waals surface area contributed by atoms with Crippen LogP contribution in [0.5, 0.6) is 5.75 Å². The minimum absolute atomic E-state index is 0.0226. The maximum Gasteiger partial charge on any atom is 0.265 e. The van der Waals surface area contributed by atoms with Crippen LogP contribution in [0, 0.1) is 0 Å². The van der Waals surface area contributed by atoms with Crippen LogP contribution in [0.25, 0.3) is 0 Å². The third kappa shape index (κ3) is 5.43. The number of benzene rings is 1. The molecule has 1 saturated heterocycles. The lowest BCUT2D eigenvalue weighted by Gasteiger charge is -2.37. The maximum absolute atomic E-state index is 11.7. The van der Waals surface area contributed by atoms with Crippen LogP contribution in [0.4, 0.5) is 5.69 Å². The molecule has 3 rings (SSSR count). The minimum atomic E-state index is -0.472. The Bertz CT molecular complexity index is 591. The summed E-state index contributed by atoms with van der Waals surface area (Å²) in [6.07, 6.45) is 3.16. The summed E-state index contributed by atoms with van der Waals surface area (Å²) in [6, 6.07) is 5.74. The number of fused-ring (bicyclic) bond motifs is 1. The number of aliphatic hydroxyl groups is 2. The predicted octanol–water partition coefficient (Wildman–Crippen LogP) is 2.53. The van der Waals surface area contributed by atoms with Gasteiger partial charge in [0.2, 0.25) is 0 Å². The number of piperidine rings is 1. The van der Waals surface area contributed by atoms with Crippen LogP contribution in [-0.4, -0.2) is 52.4 Å². The predicted molar refractivity (Wildman–Crippen MR) is 102 cm³/mol. The third-order valence-corrected chi connectivity index (χ3v) is 4.88. The van der Waals surface area contributed by atoms with Crippen molar-refractivity contribution < 1.29 is 19.7 Å². The summed E-state index contributed by atoms with van der Waals surface area (Å²) in [7, 11) is 0. The van der Waals surface area contributed by atoms with Crippen LogP contribution in [-0.2, 0) is 11.3 Å². The Kier molecular flexibility index (Phi) is 7.87. The molecule has 0 aromatic heterocycles. The molecule has 6 heteroatoms. The van der Waals surface area contributed by atoms with E-state index in [-0.39, 0.29) is 24.7 Å². The van der Waals surface area contributed by atoms with Gasteiger partial charge in [0.15, 0.2) is 6.10 Å². The number of likely N-dealkylation sites (tertiary alicyclic amines) is 1. The van der Waals surface area contributed by atoms with Crippen LogP contribution in [0.1, 0.15) is 52.0 Å². The summed E-state index contributed by atoms with van der Waals surface area (Å²) in [6.45, 7) is 7.55. The number of hydrogen-bond acceptors (Lipinski definition) is 5. The number of ether oxygens (including phenoxy) is 1. The van der Waals surface area contributed by atoms with Gasteiger partial charge in [0.25, 0.3) is 5.91 Å². The van der Waals surface area contributed by atoms with Crippen LogP contribution in [0.3, 0.4) is 0 Å². The van der Waals surface area contributed by atoms with E-state index in [4.69, 9.17) is 4.74 Å². The molecule has 1 fully saturated rings. The van der Waals surface area contributed by atoms with Gasteiger partial charge in [-0.15, -0.1) is 0 Å². The van der Waals surface area contributed by atoms with Crippen LogP contribution in [0.2, 0.25) is 0 Å². The van der Waals surface area contributed by atoms with Gasteiger partial charge in [-0.1, -0.05) is 32.8 Å². The Labute approximate surface area is 156 Å². The largest absolute Gasteiger partial charge is 0.479 e. The lowest BCUT2D eigenvalue weighted by atomic mass is 9.99. The molecule has 3 atom stereocenters. The normalized spacial score (nSPS) is 25.4. The zero-order valence-electron chi connectivity index (χ0n) is 16.1. The molecular formula is C20H32N2O4. The van der Waals surface area contributed by atoms with E-state index >= 15 is 0 Å². The first kappa shape index (κ1) is 20.7. The zero-order chi connectivity index (χ0) is 19.1. The van der Waals surface area contributed by atoms with Crippen molar-refractivity contribution in [1.29, 1.82) is 0 Å². The topological polar surface area (TPSA) is 82.0 Å². The molecule has 0 radical (unpaired) electrons. The first-order valence-electron chi connectivity index (χ1n) is 9.61. The number of unbranched alkanes of at least 4 members (excludes halogenated alkanes) is 1. The highest BCUT2D eigenvalue weighted by atomic mass is 16.5. The second kappa shape index (κ2) is 9.90. The number of nitrogens with zero attached hydrogens (tertiary/aromatic N) is 1. The Morgan fingerprint density at radius 3 is 2.69 bits per heavy atom. The van der Waals surface area contributed by atoms with E-state index < -0.39 is 6.10 Å². The van der Waals surface area contributed by atoms with Gasteiger partial charge in [-0.2, -0.15) is 0 Å². The fourth-order valence-corrected chi connectivity index (χ4v) is 3.07. The highest BCUT2D eigenvalue weighted by Gasteiger charge is 2.28. The van der Waals surface area contributed by atoms with Crippen molar-refractivity contribution in [3.8, 4) is 5.75 Å². The number of nitrogens with one attached hydrogen (secondary N) is 1. The van der Waals surface area contributed by atoms with Gasteiger partial charge >= 0.3 is 0 Å². The van der Waals surface area contributed by atoms with Gasteiger partial charge in [0, 0.05) is 19.1 Å². The average molecular weight is 364 g/mol. The molecular weight excluding hydrogens is 332 g/mol. The highest BCUT2D eigenvalue weighted by molar-refractivity contribution is 5.97. The maximum atomic E-state index is 11.7. The Morgan fingerprint density at radius 2 is 2.04 bits per heavy atom. The summed E-state index contributed by atoms with van der Waals surface area (Å²) >= 11 is 0. The monoisotopic (exact) mass is 364 g/mol. The number of aliphatic hydroxyl groups excluding tert-OH is 2. The van der Waals surface area contributed by atoms with Gasteiger partial charge in [-0.05, 0) is 37.5 Å². The summed E-state index contributed by atoms with van der Waals surface area (Å²) in [5, 5.41) is 22.0. The van der Waals surface area contributed by atoms with Crippen molar-refractivity contribution in [3.05, 3.63) is 23.8 Å². The number of amides is 1. The lowest BCUT2D eigenvalue weighted by Crippen LogP contribution is -2.45. The number of rotatable bonds is 4. The van der Waals surface area contributed by atoms with E-state index in [1.54, 1.807) is 6.92 Å². The van der Waals surface area contributed by atoms with Crippen LogP contribution in [0.15, 0.2) is 18.2 Å². The van der Waals surface area contributed by atoms with E-state index in [1.807, 2.05) is 18.2 Å². The second-order valence-corrected chi connectivity index (χ2v) is 7.06. The molecule has 0 bridgehead atoms. The van der Waals surface area contributed by atoms with Crippen molar-refractivity contribution in [1.82, 2.24) is 4.90 Å². The molecule has 26 heavy (non-hydrogen) atoms.